The van der Waals surface area contributed by atoms with Crippen molar-refractivity contribution in [2.24, 2.45) is 40.4 Å². The third-order valence-electron chi connectivity index (χ3n) is 8.59. The highest BCUT2D eigenvalue weighted by molar-refractivity contribution is 5.89. The van der Waals surface area contributed by atoms with Crippen LogP contribution in [0.3, 0.4) is 0 Å². The van der Waals surface area contributed by atoms with Gasteiger partial charge in [0.2, 0.25) is 0 Å². The first kappa shape index (κ1) is 14.3. The molecule has 21 heavy (non-hydrogen) atoms. The van der Waals surface area contributed by atoms with Crippen molar-refractivity contribution in [2.75, 3.05) is 0 Å². The van der Waals surface area contributed by atoms with Gasteiger partial charge in [0.25, 0.3) is 0 Å². The van der Waals surface area contributed by atoms with Crippen molar-refractivity contribution in [1.82, 2.24) is 0 Å². The summed E-state index contributed by atoms with van der Waals surface area (Å²) in [5, 5.41) is 0. The molecule has 4 saturated carbocycles. The maximum Gasteiger partial charge on any atom is 0.141 e. The van der Waals surface area contributed by atoms with Gasteiger partial charge in [-0.1, -0.05) is 33.6 Å². The van der Waals surface area contributed by atoms with Gasteiger partial charge in [0.1, 0.15) is 5.78 Å². The molecule has 4 aliphatic carbocycles. The molecule has 0 bridgehead atoms. The molecule has 7 atom stereocenters. The third kappa shape index (κ3) is 1.78. The minimum atomic E-state index is 0.0401. The molecule has 0 aliphatic heterocycles. The Balaban J connectivity index is 1.67. The second-order valence-corrected chi connectivity index (χ2v) is 9.36. The zero-order valence-electron chi connectivity index (χ0n) is 14.2. The van der Waals surface area contributed by atoms with Gasteiger partial charge in [-0.15, -0.1) is 0 Å². The van der Waals surface area contributed by atoms with E-state index in [9.17, 15) is 4.79 Å². The van der Waals surface area contributed by atoms with Crippen molar-refractivity contribution in [3.05, 3.63) is 0 Å². The van der Waals surface area contributed by atoms with Crippen LogP contribution in [0.25, 0.3) is 0 Å². The lowest BCUT2D eigenvalue weighted by Gasteiger charge is -2.59. The SMILES string of the molecule is CC1C[C@H]2[C@@H]3CC[C@H]4CCCC[C@]4(C)C3CC[C@]2(C)C1=O. The van der Waals surface area contributed by atoms with E-state index in [0.29, 0.717) is 23.0 Å². The number of hydrogen-bond donors (Lipinski definition) is 0. The maximum atomic E-state index is 12.7. The van der Waals surface area contributed by atoms with Crippen molar-refractivity contribution in [3.8, 4) is 0 Å². The summed E-state index contributed by atoms with van der Waals surface area (Å²) in [6, 6.07) is 0. The summed E-state index contributed by atoms with van der Waals surface area (Å²) in [5.74, 6) is 4.41. The largest absolute Gasteiger partial charge is 0.299 e. The van der Waals surface area contributed by atoms with E-state index in [0.717, 1.165) is 17.8 Å². The number of carbonyl (C=O) groups excluding carboxylic acids is 1. The zero-order valence-corrected chi connectivity index (χ0v) is 14.2. The lowest BCUT2D eigenvalue weighted by atomic mass is 9.45. The second-order valence-electron chi connectivity index (χ2n) is 9.36. The molecule has 4 fully saturated rings. The summed E-state index contributed by atoms with van der Waals surface area (Å²) in [6.45, 7) is 7.13. The number of hydrogen-bond acceptors (Lipinski definition) is 1. The summed E-state index contributed by atoms with van der Waals surface area (Å²) in [6.07, 6.45) is 12.5. The fourth-order valence-electron chi connectivity index (χ4n) is 7.41. The van der Waals surface area contributed by atoms with Gasteiger partial charge in [-0.2, -0.15) is 0 Å². The van der Waals surface area contributed by atoms with Gasteiger partial charge in [0.15, 0.2) is 0 Å². The van der Waals surface area contributed by atoms with Gasteiger partial charge in [0.05, 0.1) is 0 Å². The van der Waals surface area contributed by atoms with Crippen LogP contribution < -0.4 is 0 Å². The molecule has 0 heterocycles. The lowest BCUT2D eigenvalue weighted by Crippen LogP contribution is -2.52. The van der Waals surface area contributed by atoms with E-state index in [4.69, 9.17) is 0 Å². The van der Waals surface area contributed by atoms with Crippen molar-refractivity contribution in [3.63, 3.8) is 0 Å². The monoisotopic (exact) mass is 288 g/mol. The Morgan fingerprint density at radius 3 is 2.57 bits per heavy atom. The van der Waals surface area contributed by atoms with E-state index in [1.165, 1.54) is 57.8 Å². The molecule has 0 saturated heterocycles. The summed E-state index contributed by atoms with van der Waals surface area (Å²) in [5.41, 5.74) is 0.649. The lowest BCUT2D eigenvalue weighted by molar-refractivity contribution is -0.139. The topological polar surface area (TPSA) is 17.1 Å². The Labute approximate surface area is 130 Å². The molecular formula is C20H32O. The highest BCUT2D eigenvalue weighted by Gasteiger charge is 2.61. The summed E-state index contributed by atoms with van der Waals surface area (Å²) in [4.78, 5) is 12.7. The Morgan fingerprint density at radius 1 is 0.952 bits per heavy atom. The van der Waals surface area contributed by atoms with Crippen molar-refractivity contribution >= 4 is 5.78 Å². The summed E-state index contributed by atoms with van der Waals surface area (Å²) < 4.78 is 0. The van der Waals surface area contributed by atoms with Crippen molar-refractivity contribution in [2.45, 2.75) is 78.6 Å². The predicted octanol–water partition coefficient (Wildman–Crippen LogP) is 5.23. The molecule has 0 aromatic rings. The number of carbonyl (C=O) groups is 1. The molecule has 1 heteroatoms. The molecule has 118 valence electrons. The van der Waals surface area contributed by atoms with Gasteiger partial charge in [-0.3, -0.25) is 4.79 Å². The van der Waals surface area contributed by atoms with Gasteiger partial charge in [-0.05, 0) is 74.0 Å². The molecule has 0 aromatic carbocycles. The van der Waals surface area contributed by atoms with Gasteiger partial charge >= 0.3 is 0 Å². The molecule has 0 spiro atoms. The number of Topliss-reactive ketones (excluding diaryl/α,β-unsaturated/α-hetero) is 1. The van der Waals surface area contributed by atoms with Crippen LogP contribution >= 0.6 is 0 Å². The minimum absolute atomic E-state index is 0.0401. The molecule has 0 amide bonds. The molecule has 0 radical (unpaired) electrons. The van der Waals surface area contributed by atoms with Crippen LogP contribution in [0.1, 0.15) is 78.6 Å². The number of ketones is 1. The van der Waals surface area contributed by atoms with E-state index in [2.05, 4.69) is 20.8 Å². The second kappa shape index (κ2) is 4.59. The molecule has 4 rings (SSSR count). The van der Waals surface area contributed by atoms with Crippen LogP contribution in [-0.4, -0.2) is 5.78 Å². The zero-order chi connectivity index (χ0) is 14.8. The van der Waals surface area contributed by atoms with Gasteiger partial charge in [-0.25, -0.2) is 0 Å². The van der Waals surface area contributed by atoms with Crippen molar-refractivity contribution < 1.29 is 4.79 Å². The van der Waals surface area contributed by atoms with Crippen molar-refractivity contribution in [1.29, 1.82) is 0 Å². The average molecular weight is 288 g/mol. The highest BCUT2D eigenvalue weighted by atomic mass is 16.1. The fraction of sp³-hybridized carbons (Fsp3) is 0.950. The molecular weight excluding hydrogens is 256 g/mol. The number of rotatable bonds is 0. The standard InChI is InChI=1S/C20H32O/c1-13-12-17-15-8-7-14-6-4-5-10-19(14,2)16(15)9-11-20(17,3)18(13)21/h13-17H,4-12H2,1-3H3/t13?,14-,15-,16?,17+,19+,20+/m1/s1. The maximum absolute atomic E-state index is 12.7. The van der Waals surface area contributed by atoms with E-state index in [1.807, 2.05) is 0 Å². The first-order valence-corrected chi connectivity index (χ1v) is 9.51. The predicted molar refractivity (Wildman–Crippen MR) is 85.9 cm³/mol. The summed E-state index contributed by atoms with van der Waals surface area (Å²) >= 11 is 0. The molecule has 4 aliphatic rings. The van der Waals surface area contributed by atoms with Gasteiger partial charge in [0, 0.05) is 11.3 Å². The third-order valence-corrected chi connectivity index (χ3v) is 8.59. The Morgan fingerprint density at radius 2 is 1.76 bits per heavy atom. The quantitative estimate of drug-likeness (QED) is 0.596. The Kier molecular flexibility index (Phi) is 3.12. The van der Waals surface area contributed by atoms with Gasteiger partial charge < -0.3 is 0 Å². The van der Waals surface area contributed by atoms with Crippen LogP contribution in [0.5, 0.6) is 0 Å². The highest BCUT2D eigenvalue weighted by Crippen LogP contribution is 2.65. The van der Waals surface area contributed by atoms with E-state index in [1.54, 1.807) is 0 Å². The summed E-state index contributed by atoms with van der Waals surface area (Å²) in [7, 11) is 0. The van der Waals surface area contributed by atoms with E-state index in [-0.39, 0.29) is 5.41 Å². The smallest absolute Gasteiger partial charge is 0.141 e. The first-order valence-electron chi connectivity index (χ1n) is 9.51. The fourth-order valence-corrected chi connectivity index (χ4v) is 7.41. The van der Waals surface area contributed by atoms with Crippen LogP contribution in [0.4, 0.5) is 0 Å². The van der Waals surface area contributed by atoms with E-state index < -0.39 is 0 Å². The first-order chi connectivity index (χ1) is 9.97. The van der Waals surface area contributed by atoms with E-state index >= 15 is 0 Å². The van der Waals surface area contributed by atoms with Crippen LogP contribution in [0.15, 0.2) is 0 Å². The molecule has 2 unspecified atom stereocenters. The molecule has 0 aromatic heterocycles. The molecule has 0 N–H and O–H groups in total. The Bertz CT molecular complexity index is 455. The average Bonchev–Trinajstić information content (AvgIpc) is 2.70. The van der Waals surface area contributed by atoms with Crippen LogP contribution in [0.2, 0.25) is 0 Å². The normalized spacial score (nSPS) is 56.5. The molecule has 1 nitrogen and oxygen atoms in total. The van der Waals surface area contributed by atoms with Crippen LogP contribution in [0, 0.1) is 40.4 Å². The minimum Gasteiger partial charge on any atom is -0.299 e. The van der Waals surface area contributed by atoms with Crippen LogP contribution in [-0.2, 0) is 4.79 Å². The number of fused-ring (bicyclic) bond motifs is 5. The Hall–Kier alpha value is -0.330.